The Bertz CT molecular complexity index is 496. The zero-order valence-corrected chi connectivity index (χ0v) is 9.85. The van der Waals surface area contributed by atoms with Gasteiger partial charge in [-0.3, -0.25) is 0 Å². The molecule has 0 aliphatic heterocycles. The standard InChI is InChI=1S/C9H3BrF5NO2/c10-8(12,13)9(14,15)18-5-1-2-7(16-4-17)6(11)3-5/h1-3H. The van der Waals surface area contributed by atoms with Gasteiger partial charge in [-0.1, -0.05) is 0 Å². The van der Waals surface area contributed by atoms with E-state index in [1.807, 2.05) is 0 Å². The van der Waals surface area contributed by atoms with Gasteiger partial charge in [-0.15, -0.1) is 0 Å². The Morgan fingerprint density at radius 3 is 2.33 bits per heavy atom. The van der Waals surface area contributed by atoms with Gasteiger partial charge in [0.2, 0.25) is 6.08 Å². The molecule has 9 heteroatoms. The molecule has 98 valence electrons. The van der Waals surface area contributed by atoms with E-state index in [1.165, 1.54) is 15.9 Å². The first kappa shape index (κ1) is 14.6. The summed E-state index contributed by atoms with van der Waals surface area (Å²) in [6.45, 7) is 0. The fourth-order valence-electron chi connectivity index (χ4n) is 0.897. The van der Waals surface area contributed by atoms with E-state index >= 15 is 0 Å². The average molecular weight is 332 g/mol. The van der Waals surface area contributed by atoms with E-state index in [-0.39, 0.29) is 0 Å². The van der Waals surface area contributed by atoms with Crippen LogP contribution in [0.2, 0.25) is 0 Å². The highest BCUT2D eigenvalue weighted by Crippen LogP contribution is 2.41. The zero-order valence-electron chi connectivity index (χ0n) is 8.26. The minimum Gasteiger partial charge on any atom is -0.427 e. The molecule has 0 saturated heterocycles. The van der Waals surface area contributed by atoms with E-state index in [2.05, 4.69) is 9.73 Å². The van der Waals surface area contributed by atoms with Crippen LogP contribution < -0.4 is 4.74 Å². The molecule has 0 amide bonds. The highest BCUT2D eigenvalue weighted by Gasteiger charge is 2.57. The molecule has 1 aromatic carbocycles. The van der Waals surface area contributed by atoms with Crippen LogP contribution in [0, 0.1) is 5.82 Å². The van der Waals surface area contributed by atoms with Gasteiger partial charge in [0.05, 0.1) is 0 Å². The number of ether oxygens (including phenoxy) is 1. The minimum atomic E-state index is -4.87. The molecule has 1 rings (SSSR count). The van der Waals surface area contributed by atoms with Crippen LogP contribution in [0.3, 0.4) is 0 Å². The van der Waals surface area contributed by atoms with Gasteiger partial charge in [-0.25, -0.2) is 9.18 Å². The first-order valence-corrected chi connectivity index (χ1v) is 4.97. The first-order chi connectivity index (χ1) is 8.17. The number of alkyl halides is 5. The monoisotopic (exact) mass is 331 g/mol. The van der Waals surface area contributed by atoms with Crippen LogP contribution in [0.25, 0.3) is 0 Å². The van der Waals surface area contributed by atoms with Crippen molar-refractivity contribution in [2.45, 2.75) is 10.9 Å². The molecule has 0 N–H and O–H groups in total. The normalized spacial score (nSPS) is 11.9. The number of isocyanates is 1. The molecular weight excluding hydrogens is 329 g/mol. The highest BCUT2D eigenvalue weighted by atomic mass is 79.9. The number of rotatable bonds is 4. The summed E-state index contributed by atoms with van der Waals surface area (Å²) in [5.74, 6) is -2.04. The van der Waals surface area contributed by atoms with Gasteiger partial charge in [-0.2, -0.15) is 22.6 Å². The Morgan fingerprint density at radius 2 is 1.89 bits per heavy atom. The first-order valence-electron chi connectivity index (χ1n) is 4.18. The van der Waals surface area contributed by atoms with Crippen molar-refractivity contribution in [1.29, 1.82) is 0 Å². The molecule has 0 saturated carbocycles. The van der Waals surface area contributed by atoms with Crippen LogP contribution in [0.1, 0.15) is 0 Å². The summed E-state index contributed by atoms with van der Waals surface area (Å²) in [6.07, 6.45) is -3.83. The van der Waals surface area contributed by atoms with Gasteiger partial charge in [0.25, 0.3) is 0 Å². The number of halogens is 6. The molecule has 1 aromatic rings. The highest BCUT2D eigenvalue weighted by molar-refractivity contribution is 9.10. The van der Waals surface area contributed by atoms with Gasteiger partial charge < -0.3 is 4.74 Å². The third kappa shape index (κ3) is 3.27. The second-order valence-corrected chi connectivity index (χ2v) is 3.93. The average Bonchev–Trinajstić information content (AvgIpc) is 2.20. The molecule has 0 spiro atoms. The summed E-state index contributed by atoms with van der Waals surface area (Å²) in [4.78, 5) is 8.15. The zero-order chi connectivity index (χ0) is 14.0. The van der Waals surface area contributed by atoms with E-state index in [1.54, 1.807) is 0 Å². The summed E-state index contributed by atoms with van der Waals surface area (Å²) < 4.78 is 67.0. The number of hydrogen-bond acceptors (Lipinski definition) is 3. The van der Waals surface area contributed by atoms with Gasteiger partial charge >= 0.3 is 10.9 Å². The molecular formula is C9H3BrF5NO2. The Labute approximate surface area is 105 Å². The number of benzene rings is 1. The molecule has 18 heavy (non-hydrogen) atoms. The van der Waals surface area contributed by atoms with Crippen LogP contribution >= 0.6 is 15.9 Å². The van der Waals surface area contributed by atoms with Crippen LogP contribution in [-0.2, 0) is 4.79 Å². The number of hydrogen-bond donors (Lipinski definition) is 0. The van der Waals surface area contributed by atoms with Crippen molar-refractivity contribution in [3.63, 3.8) is 0 Å². The molecule has 0 aliphatic carbocycles. The molecule has 0 bridgehead atoms. The fraction of sp³-hybridized carbons (Fsp3) is 0.222. The Morgan fingerprint density at radius 1 is 1.28 bits per heavy atom. The summed E-state index contributed by atoms with van der Waals surface area (Å²) in [7, 11) is 0. The largest absolute Gasteiger partial charge is 0.475 e. The topological polar surface area (TPSA) is 38.7 Å². The van der Waals surface area contributed by atoms with E-state index < -0.39 is 28.2 Å². The quantitative estimate of drug-likeness (QED) is 0.365. The number of nitrogens with zero attached hydrogens (tertiary/aromatic N) is 1. The smallest absolute Gasteiger partial charge is 0.427 e. The number of aliphatic imine (C=N–C) groups is 1. The van der Waals surface area contributed by atoms with Gasteiger partial charge in [-0.05, 0) is 12.1 Å². The maximum atomic E-state index is 13.1. The summed E-state index contributed by atoms with van der Waals surface area (Å²) in [6, 6.07) is 1.95. The maximum absolute atomic E-state index is 13.1. The summed E-state index contributed by atoms with van der Waals surface area (Å²) in [5.41, 5.74) is -0.480. The van der Waals surface area contributed by atoms with Crippen LogP contribution in [-0.4, -0.2) is 17.0 Å². The lowest BCUT2D eigenvalue weighted by Gasteiger charge is -2.21. The Kier molecular flexibility index (Phi) is 4.08. The van der Waals surface area contributed by atoms with E-state index in [4.69, 9.17) is 0 Å². The van der Waals surface area contributed by atoms with Crippen LogP contribution in [0.15, 0.2) is 23.2 Å². The molecule has 0 aliphatic rings. The third-order valence-electron chi connectivity index (χ3n) is 1.66. The fourth-order valence-corrected chi connectivity index (χ4v) is 0.978. The van der Waals surface area contributed by atoms with Crippen LogP contribution in [0.5, 0.6) is 5.75 Å². The van der Waals surface area contributed by atoms with Gasteiger partial charge in [0, 0.05) is 22.0 Å². The predicted molar refractivity (Wildman–Crippen MR) is 53.6 cm³/mol. The molecule has 0 radical (unpaired) electrons. The lowest BCUT2D eigenvalue weighted by atomic mass is 10.3. The maximum Gasteiger partial charge on any atom is 0.475 e. The van der Waals surface area contributed by atoms with Gasteiger partial charge in [0.15, 0.2) is 5.82 Å². The van der Waals surface area contributed by atoms with Crippen molar-refractivity contribution in [2.24, 2.45) is 4.99 Å². The SMILES string of the molecule is O=C=Nc1ccc(OC(F)(F)C(F)(F)Br)cc1F. The van der Waals surface area contributed by atoms with Crippen molar-refractivity contribution in [3.8, 4) is 5.75 Å². The van der Waals surface area contributed by atoms with Crippen molar-refractivity contribution in [1.82, 2.24) is 0 Å². The van der Waals surface area contributed by atoms with Gasteiger partial charge in [0.1, 0.15) is 11.4 Å². The molecule has 0 atom stereocenters. The van der Waals surface area contributed by atoms with Crippen molar-refractivity contribution >= 4 is 27.7 Å². The molecule has 0 unspecified atom stereocenters. The van der Waals surface area contributed by atoms with E-state index in [0.717, 1.165) is 18.2 Å². The second-order valence-electron chi connectivity index (χ2n) is 2.93. The Hall–Kier alpha value is -1.47. The second kappa shape index (κ2) is 5.03. The molecule has 0 fully saturated rings. The molecule has 3 nitrogen and oxygen atoms in total. The lowest BCUT2D eigenvalue weighted by Crippen LogP contribution is -2.40. The van der Waals surface area contributed by atoms with E-state index in [0.29, 0.717) is 6.07 Å². The third-order valence-corrected chi connectivity index (χ3v) is 2.12. The molecule has 0 aromatic heterocycles. The van der Waals surface area contributed by atoms with Crippen LogP contribution in [0.4, 0.5) is 27.6 Å². The van der Waals surface area contributed by atoms with Crippen molar-refractivity contribution < 1.29 is 31.5 Å². The molecule has 0 heterocycles. The lowest BCUT2D eigenvalue weighted by molar-refractivity contribution is -0.266. The van der Waals surface area contributed by atoms with Crippen molar-refractivity contribution in [3.05, 3.63) is 24.0 Å². The summed E-state index contributed by atoms with van der Waals surface area (Å²) in [5, 5.41) is 0. The summed E-state index contributed by atoms with van der Waals surface area (Å²) >= 11 is 1.44. The van der Waals surface area contributed by atoms with Crippen molar-refractivity contribution in [2.75, 3.05) is 0 Å². The predicted octanol–water partition coefficient (Wildman–Crippen LogP) is 3.75. The number of carbonyl (C=O) groups excluding carboxylic acids is 1. The van der Waals surface area contributed by atoms with E-state index in [9.17, 15) is 26.7 Å². The minimum absolute atomic E-state index is 0.392. The Balaban J connectivity index is 3.00.